The molecule has 0 radical (unpaired) electrons. The molecule has 0 unspecified atom stereocenters. The summed E-state index contributed by atoms with van der Waals surface area (Å²) in [5, 5.41) is 11.2. The Morgan fingerprint density at radius 1 is 1.38 bits per heavy atom. The number of nitrogens with zero attached hydrogens (tertiary/aromatic N) is 2. The standard InChI is InChI=1S/C9H7F3N2O2/c10-9(11,12)8(15)5-7(14-16)6-1-3-13-4-2-6/h1-4,16H,5H2/b14-7-. The van der Waals surface area contributed by atoms with Crippen LogP contribution < -0.4 is 0 Å². The number of carbonyl (C=O) groups is 1. The predicted octanol–water partition coefficient (Wildman–Crippen LogP) is 1.78. The molecule has 1 N–H and O–H groups in total. The van der Waals surface area contributed by atoms with Crippen LogP contribution in [0.15, 0.2) is 29.7 Å². The Morgan fingerprint density at radius 3 is 2.38 bits per heavy atom. The van der Waals surface area contributed by atoms with Crippen LogP contribution in [0.1, 0.15) is 12.0 Å². The van der Waals surface area contributed by atoms with Gasteiger partial charge in [-0.1, -0.05) is 5.16 Å². The van der Waals surface area contributed by atoms with Gasteiger partial charge in [0.15, 0.2) is 0 Å². The number of hydrogen-bond acceptors (Lipinski definition) is 4. The maximum Gasteiger partial charge on any atom is 0.450 e. The van der Waals surface area contributed by atoms with E-state index in [4.69, 9.17) is 5.21 Å². The fourth-order valence-corrected chi connectivity index (χ4v) is 0.992. The van der Waals surface area contributed by atoms with Gasteiger partial charge in [0.25, 0.3) is 0 Å². The van der Waals surface area contributed by atoms with Gasteiger partial charge >= 0.3 is 6.18 Å². The summed E-state index contributed by atoms with van der Waals surface area (Å²) in [7, 11) is 0. The molecular formula is C9H7F3N2O2. The molecule has 0 aliphatic heterocycles. The van der Waals surface area contributed by atoms with Crippen molar-refractivity contribution in [1.82, 2.24) is 4.98 Å². The molecule has 1 aromatic heterocycles. The summed E-state index contributed by atoms with van der Waals surface area (Å²) in [4.78, 5) is 14.3. The van der Waals surface area contributed by atoms with Gasteiger partial charge in [-0.25, -0.2) is 0 Å². The minimum atomic E-state index is -4.93. The van der Waals surface area contributed by atoms with Gasteiger partial charge in [0.2, 0.25) is 5.78 Å². The summed E-state index contributed by atoms with van der Waals surface area (Å²) < 4.78 is 35.9. The molecule has 0 atom stereocenters. The highest BCUT2D eigenvalue weighted by atomic mass is 19.4. The van der Waals surface area contributed by atoms with E-state index >= 15 is 0 Å². The van der Waals surface area contributed by atoms with Gasteiger partial charge in [-0.2, -0.15) is 13.2 Å². The Balaban J connectivity index is 2.84. The number of pyridine rings is 1. The molecule has 86 valence electrons. The number of carbonyl (C=O) groups excluding carboxylic acids is 1. The van der Waals surface area contributed by atoms with Crippen LogP contribution in [0.2, 0.25) is 0 Å². The molecule has 0 bridgehead atoms. The highest BCUT2D eigenvalue weighted by Crippen LogP contribution is 2.19. The second kappa shape index (κ2) is 4.73. The molecule has 0 saturated carbocycles. The lowest BCUT2D eigenvalue weighted by Crippen LogP contribution is -2.25. The molecule has 7 heteroatoms. The van der Waals surface area contributed by atoms with Crippen molar-refractivity contribution in [2.45, 2.75) is 12.6 Å². The molecule has 0 fully saturated rings. The Labute approximate surface area is 88.4 Å². The van der Waals surface area contributed by atoms with Gasteiger partial charge in [0.1, 0.15) is 0 Å². The maximum absolute atomic E-state index is 12.0. The monoisotopic (exact) mass is 232 g/mol. The van der Waals surface area contributed by atoms with E-state index in [0.29, 0.717) is 0 Å². The smallest absolute Gasteiger partial charge is 0.411 e. The van der Waals surface area contributed by atoms with E-state index < -0.39 is 18.4 Å². The Morgan fingerprint density at radius 2 is 1.94 bits per heavy atom. The fourth-order valence-electron chi connectivity index (χ4n) is 0.992. The zero-order valence-corrected chi connectivity index (χ0v) is 7.90. The molecule has 0 aromatic carbocycles. The van der Waals surface area contributed by atoms with Gasteiger partial charge in [-0.15, -0.1) is 0 Å². The van der Waals surface area contributed by atoms with Crippen molar-refractivity contribution < 1.29 is 23.2 Å². The summed E-state index contributed by atoms with van der Waals surface area (Å²) >= 11 is 0. The first kappa shape index (κ1) is 12.2. The number of hydrogen-bond donors (Lipinski definition) is 1. The number of alkyl halides is 3. The van der Waals surface area contributed by atoms with Crippen LogP contribution in [0.4, 0.5) is 13.2 Å². The third-order valence-corrected chi connectivity index (χ3v) is 1.78. The average molecular weight is 232 g/mol. The van der Waals surface area contributed by atoms with Crippen LogP contribution in [0, 0.1) is 0 Å². The quantitative estimate of drug-likeness (QED) is 0.491. The molecule has 1 aromatic rings. The second-order valence-electron chi connectivity index (χ2n) is 2.88. The van der Waals surface area contributed by atoms with E-state index in [9.17, 15) is 18.0 Å². The largest absolute Gasteiger partial charge is 0.450 e. The summed E-state index contributed by atoms with van der Waals surface area (Å²) in [6.45, 7) is 0. The number of halogens is 3. The molecule has 0 saturated heterocycles. The van der Waals surface area contributed by atoms with Gasteiger partial charge in [-0.05, 0) is 12.1 Å². The summed E-state index contributed by atoms with van der Waals surface area (Å²) in [5.41, 5.74) is -0.125. The van der Waals surface area contributed by atoms with Crippen molar-refractivity contribution in [3.05, 3.63) is 30.1 Å². The Bertz CT molecular complexity index is 401. The zero-order valence-electron chi connectivity index (χ0n) is 7.90. The zero-order chi connectivity index (χ0) is 12.2. The number of ketones is 1. The molecular weight excluding hydrogens is 225 g/mol. The van der Waals surface area contributed by atoms with E-state index in [-0.39, 0.29) is 11.3 Å². The normalized spacial score (nSPS) is 12.6. The van der Waals surface area contributed by atoms with E-state index in [0.717, 1.165) is 0 Å². The topological polar surface area (TPSA) is 62.5 Å². The van der Waals surface area contributed by atoms with E-state index in [1.165, 1.54) is 24.5 Å². The highest BCUT2D eigenvalue weighted by Gasteiger charge is 2.38. The first-order valence-electron chi connectivity index (χ1n) is 4.16. The van der Waals surface area contributed by atoms with Gasteiger partial charge in [-0.3, -0.25) is 9.78 Å². The molecule has 16 heavy (non-hydrogen) atoms. The molecule has 1 rings (SSSR count). The summed E-state index contributed by atoms with van der Waals surface area (Å²) in [5.74, 6) is -1.96. The maximum atomic E-state index is 12.0. The molecule has 1 heterocycles. The first-order chi connectivity index (χ1) is 7.45. The first-order valence-corrected chi connectivity index (χ1v) is 4.16. The molecule has 0 aliphatic carbocycles. The van der Waals surface area contributed by atoms with E-state index in [2.05, 4.69) is 10.1 Å². The van der Waals surface area contributed by atoms with Gasteiger partial charge in [0, 0.05) is 18.0 Å². The van der Waals surface area contributed by atoms with Gasteiger partial charge in [0.05, 0.1) is 12.1 Å². The molecule has 0 amide bonds. The Kier molecular flexibility index (Phi) is 3.60. The lowest BCUT2D eigenvalue weighted by Gasteiger charge is -2.06. The van der Waals surface area contributed by atoms with Crippen LogP contribution in [0.3, 0.4) is 0 Å². The summed E-state index contributed by atoms with van der Waals surface area (Å²) in [6.07, 6.45) is -3.29. The van der Waals surface area contributed by atoms with E-state index in [1.54, 1.807) is 0 Å². The minimum Gasteiger partial charge on any atom is -0.411 e. The summed E-state index contributed by atoms with van der Waals surface area (Å²) in [6, 6.07) is 2.69. The Hall–Kier alpha value is -1.92. The third-order valence-electron chi connectivity index (χ3n) is 1.78. The minimum absolute atomic E-state index is 0.218. The second-order valence-corrected chi connectivity index (χ2v) is 2.88. The highest BCUT2D eigenvalue weighted by molar-refractivity contribution is 6.11. The van der Waals surface area contributed by atoms with Crippen molar-refractivity contribution in [3.8, 4) is 0 Å². The van der Waals surface area contributed by atoms with Crippen LogP contribution in [-0.4, -0.2) is 27.9 Å². The van der Waals surface area contributed by atoms with Crippen molar-refractivity contribution in [3.63, 3.8) is 0 Å². The molecule has 0 spiro atoms. The lowest BCUT2D eigenvalue weighted by atomic mass is 10.1. The van der Waals surface area contributed by atoms with Crippen molar-refractivity contribution >= 4 is 11.5 Å². The van der Waals surface area contributed by atoms with Crippen LogP contribution in [0.25, 0.3) is 0 Å². The SMILES string of the molecule is O=C(C/C(=N/O)c1ccncc1)C(F)(F)F. The number of rotatable bonds is 3. The molecule has 4 nitrogen and oxygen atoms in total. The van der Waals surface area contributed by atoms with Crippen molar-refractivity contribution in [2.24, 2.45) is 5.16 Å². The molecule has 0 aliphatic rings. The fraction of sp³-hybridized carbons (Fsp3) is 0.222. The van der Waals surface area contributed by atoms with Gasteiger partial charge < -0.3 is 5.21 Å². The van der Waals surface area contributed by atoms with E-state index in [1.807, 2.05) is 0 Å². The number of Topliss-reactive ketones (excluding diaryl/α,β-unsaturated/α-hetero) is 1. The number of aromatic nitrogens is 1. The average Bonchev–Trinajstić information content (AvgIpc) is 2.25. The number of oxime groups is 1. The van der Waals surface area contributed by atoms with Crippen LogP contribution in [0.5, 0.6) is 0 Å². The van der Waals surface area contributed by atoms with Crippen LogP contribution in [-0.2, 0) is 4.79 Å². The predicted molar refractivity (Wildman–Crippen MR) is 48.2 cm³/mol. The van der Waals surface area contributed by atoms with Crippen molar-refractivity contribution in [2.75, 3.05) is 0 Å². The lowest BCUT2D eigenvalue weighted by molar-refractivity contribution is -0.169. The van der Waals surface area contributed by atoms with Crippen molar-refractivity contribution in [1.29, 1.82) is 0 Å². The van der Waals surface area contributed by atoms with Crippen LogP contribution >= 0.6 is 0 Å². The third kappa shape index (κ3) is 3.04.